The highest BCUT2D eigenvalue weighted by atomic mass is 16.5. The third-order valence-corrected chi connectivity index (χ3v) is 4.17. The number of hydrogen-bond donors (Lipinski definition) is 1. The zero-order valence-corrected chi connectivity index (χ0v) is 12.4. The zero-order chi connectivity index (χ0) is 13.7. The van der Waals surface area contributed by atoms with Crippen LogP contribution in [0, 0.1) is 5.92 Å². The van der Waals surface area contributed by atoms with Gasteiger partial charge in [0.2, 0.25) is 0 Å². The second kappa shape index (κ2) is 6.92. The first kappa shape index (κ1) is 14.4. The van der Waals surface area contributed by atoms with Gasteiger partial charge in [-0.2, -0.15) is 0 Å². The van der Waals surface area contributed by atoms with Crippen molar-refractivity contribution in [2.75, 3.05) is 31.6 Å². The molecule has 1 N–H and O–H groups in total. The minimum atomic E-state index is 0.592. The summed E-state index contributed by atoms with van der Waals surface area (Å²) in [7, 11) is 1.76. The van der Waals surface area contributed by atoms with E-state index in [1.54, 1.807) is 7.11 Å². The molecule has 1 fully saturated rings. The Morgan fingerprint density at radius 2 is 2.21 bits per heavy atom. The summed E-state index contributed by atoms with van der Waals surface area (Å²) in [6.45, 7) is 8.53. The lowest BCUT2D eigenvalue weighted by molar-refractivity contribution is 0.185. The van der Waals surface area contributed by atoms with E-state index in [9.17, 15) is 0 Å². The standard InChI is InChI=1S/C16H26N2O/c1-4-13(2)15-11-18(10-9-17-15)16-8-6-5-7-14(16)12-19-3/h5-8,13,15,17H,4,9-12H2,1-3H3. The predicted molar refractivity (Wildman–Crippen MR) is 80.6 cm³/mol. The molecule has 0 radical (unpaired) electrons. The van der Waals surface area contributed by atoms with Crippen LogP contribution in [0.15, 0.2) is 24.3 Å². The summed E-state index contributed by atoms with van der Waals surface area (Å²) in [6, 6.07) is 9.18. The van der Waals surface area contributed by atoms with Crippen LogP contribution < -0.4 is 10.2 Å². The molecule has 2 atom stereocenters. The van der Waals surface area contributed by atoms with Gasteiger partial charge in [-0.1, -0.05) is 38.5 Å². The van der Waals surface area contributed by atoms with E-state index in [2.05, 4.69) is 48.3 Å². The number of anilines is 1. The van der Waals surface area contributed by atoms with Crippen molar-refractivity contribution in [3.05, 3.63) is 29.8 Å². The quantitative estimate of drug-likeness (QED) is 0.883. The van der Waals surface area contributed by atoms with Gasteiger partial charge in [-0.3, -0.25) is 0 Å². The van der Waals surface area contributed by atoms with Gasteiger partial charge in [0, 0.05) is 44.0 Å². The highest BCUT2D eigenvalue weighted by Crippen LogP contribution is 2.24. The maximum absolute atomic E-state index is 5.31. The highest BCUT2D eigenvalue weighted by molar-refractivity contribution is 5.54. The first-order valence-electron chi connectivity index (χ1n) is 7.31. The molecule has 3 nitrogen and oxygen atoms in total. The van der Waals surface area contributed by atoms with Crippen LogP contribution in [-0.4, -0.2) is 32.8 Å². The Labute approximate surface area is 116 Å². The van der Waals surface area contributed by atoms with Gasteiger partial charge in [0.05, 0.1) is 6.61 Å². The Kier molecular flexibility index (Phi) is 5.23. The molecule has 0 aliphatic carbocycles. The maximum Gasteiger partial charge on any atom is 0.0733 e. The van der Waals surface area contributed by atoms with Crippen molar-refractivity contribution in [1.29, 1.82) is 0 Å². The normalized spacial score (nSPS) is 21.4. The molecule has 106 valence electrons. The molecule has 1 heterocycles. The fourth-order valence-corrected chi connectivity index (χ4v) is 2.76. The van der Waals surface area contributed by atoms with Gasteiger partial charge in [0.1, 0.15) is 0 Å². The SMILES string of the molecule is CCC(C)C1CN(c2ccccc2COC)CCN1. The van der Waals surface area contributed by atoms with Gasteiger partial charge < -0.3 is 15.0 Å². The number of benzene rings is 1. The Morgan fingerprint density at radius 1 is 1.42 bits per heavy atom. The average Bonchev–Trinajstić information content (AvgIpc) is 2.47. The smallest absolute Gasteiger partial charge is 0.0733 e. The second-order valence-electron chi connectivity index (χ2n) is 5.45. The van der Waals surface area contributed by atoms with E-state index in [4.69, 9.17) is 4.74 Å². The van der Waals surface area contributed by atoms with E-state index < -0.39 is 0 Å². The van der Waals surface area contributed by atoms with Crippen LogP contribution in [0.3, 0.4) is 0 Å². The Bertz CT molecular complexity index is 394. The number of hydrogen-bond acceptors (Lipinski definition) is 3. The molecule has 2 unspecified atom stereocenters. The number of ether oxygens (including phenoxy) is 1. The van der Waals surface area contributed by atoms with Crippen LogP contribution in [0.2, 0.25) is 0 Å². The van der Waals surface area contributed by atoms with Gasteiger partial charge in [0.15, 0.2) is 0 Å². The van der Waals surface area contributed by atoms with Crippen LogP contribution in [0.25, 0.3) is 0 Å². The Morgan fingerprint density at radius 3 is 2.95 bits per heavy atom. The predicted octanol–water partition coefficient (Wildman–Crippen LogP) is 2.66. The molecule has 0 spiro atoms. The molecule has 1 aliphatic rings. The number of para-hydroxylation sites is 1. The molecular weight excluding hydrogens is 236 g/mol. The monoisotopic (exact) mass is 262 g/mol. The maximum atomic E-state index is 5.31. The molecule has 0 saturated carbocycles. The van der Waals surface area contributed by atoms with Crippen LogP contribution in [0.5, 0.6) is 0 Å². The summed E-state index contributed by atoms with van der Waals surface area (Å²) in [6.07, 6.45) is 1.23. The second-order valence-corrected chi connectivity index (χ2v) is 5.45. The first-order chi connectivity index (χ1) is 9.26. The van der Waals surface area contributed by atoms with Crippen LogP contribution in [0.4, 0.5) is 5.69 Å². The number of rotatable bonds is 5. The van der Waals surface area contributed by atoms with E-state index in [0.29, 0.717) is 12.6 Å². The molecular formula is C16H26N2O. The fourth-order valence-electron chi connectivity index (χ4n) is 2.76. The number of methoxy groups -OCH3 is 1. The van der Waals surface area contributed by atoms with Crippen molar-refractivity contribution in [2.45, 2.75) is 32.9 Å². The van der Waals surface area contributed by atoms with Gasteiger partial charge in [-0.25, -0.2) is 0 Å². The molecule has 3 heteroatoms. The third-order valence-electron chi connectivity index (χ3n) is 4.17. The average molecular weight is 262 g/mol. The van der Waals surface area contributed by atoms with Crippen LogP contribution in [-0.2, 0) is 11.3 Å². The number of nitrogens with one attached hydrogen (secondary N) is 1. The van der Waals surface area contributed by atoms with Crippen molar-refractivity contribution >= 4 is 5.69 Å². The lowest BCUT2D eigenvalue weighted by Crippen LogP contribution is -2.53. The summed E-state index contributed by atoms with van der Waals surface area (Å²) >= 11 is 0. The topological polar surface area (TPSA) is 24.5 Å². The molecule has 19 heavy (non-hydrogen) atoms. The number of piperazine rings is 1. The fraction of sp³-hybridized carbons (Fsp3) is 0.625. The lowest BCUT2D eigenvalue weighted by atomic mass is 9.96. The van der Waals surface area contributed by atoms with Crippen molar-refractivity contribution < 1.29 is 4.74 Å². The summed E-state index contributed by atoms with van der Waals surface area (Å²) in [4.78, 5) is 2.50. The van der Waals surface area contributed by atoms with E-state index >= 15 is 0 Å². The Hall–Kier alpha value is -1.06. The van der Waals surface area contributed by atoms with Gasteiger partial charge in [-0.15, -0.1) is 0 Å². The van der Waals surface area contributed by atoms with Gasteiger partial charge in [0.25, 0.3) is 0 Å². The van der Waals surface area contributed by atoms with E-state index in [0.717, 1.165) is 25.6 Å². The van der Waals surface area contributed by atoms with Crippen molar-refractivity contribution in [2.24, 2.45) is 5.92 Å². The molecule has 0 aromatic heterocycles. The molecule has 0 amide bonds. The first-order valence-corrected chi connectivity index (χ1v) is 7.31. The summed E-state index contributed by atoms with van der Waals surface area (Å²) in [5, 5.41) is 3.65. The summed E-state index contributed by atoms with van der Waals surface area (Å²) in [5.74, 6) is 0.720. The minimum absolute atomic E-state index is 0.592. The van der Waals surface area contributed by atoms with Crippen LogP contribution >= 0.6 is 0 Å². The van der Waals surface area contributed by atoms with Crippen molar-refractivity contribution in [3.8, 4) is 0 Å². The third kappa shape index (κ3) is 3.48. The lowest BCUT2D eigenvalue weighted by Gasteiger charge is -2.38. The summed E-state index contributed by atoms with van der Waals surface area (Å²) in [5.41, 5.74) is 2.62. The van der Waals surface area contributed by atoms with Gasteiger partial charge >= 0.3 is 0 Å². The molecule has 0 bridgehead atoms. The molecule has 2 rings (SSSR count). The van der Waals surface area contributed by atoms with Crippen LogP contribution in [0.1, 0.15) is 25.8 Å². The minimum Gasteiger partial charge on any atom is -0.380 e. The van der Waals surface area contributed by atoms with Crippen molar-refractivity contribution in [1.82, 2.24) is 5.32 Å². The highest BCUT2D eigenvalue weighted by Gasteiger charge is 2.24. The largest absolute Gasteiger partial charge is 0.380 e. The van der Waals surface area contributed by atoms with Gasteiger partial charge in [-0.05, 0) is 12.0 Å². The molecule has 1 aliphatic heterocycles. The van der Waals surface area contributed by atoms with E-state index in [1.807, 2.05) is 0 Å². The molecule has 1 aromatic carbocycles. The zero-order valence-electron chi connectivity index (χ0n) is 12.4. The summed E-state index contributed by atoms with van der Waals surface area (Å²) < 4.78 is 5.31. The molecule has 1 aromatic rings. The molecule has 1 saturated heterocycles. The van der Waals surface area contributed by atoms with E-state index in [1.165, 1.54) is 17.7 Å². The number of nitrogens with zero attached hydrogens (tertiary/aromatic N) is 1. The van der Waals surface area contributed by atoms with Crippen molar-refractivity contribution in [3.63, 3.8) is 0 Å². The Balaban J connectivity index is 2.12. The van der Waals surface area contributed by atoms with E-state index in [-0.39, 0.29) is 0 Å².